The molecule has 0 aliphatic carbocycles. The number of nitrogens with zero attached hydrogens (tertiary/aromatic N) is 3. The van der Waals surface area contributed by atoms with Crippen LogP contribution < -0.4 is 14.4 Å². The number of likely N-dealkylation sites (N-methyl/N-ethyl adjacent to an activating group) is 1. The number of carbonyl (C=O) groups is 2. The molecule has 3 rings (SSSR count). The molecular weight excluding hydrogens is 604 g/mol. The minimum absolute atomic E-state index is 0.0271. The van der Waals surface area contributed by atoms with Crippen LogP contribution >= 0.6 is 15.9 Å². The van der Waals surface area contributed by atoms with Crippen molar-refractivity contribution >= 4 is 49.1 Å². The highest BCUT2D eigenvalue weighted by Gasteiger charge is 2.33. The van der Waals surface area contributed by atoms with Crippen molar-refractivity contribution in [1.29, 1.82) is 0 Å². The van der Waals surface area contributed by atoms with Gasteiger partial charge in [-0.15, -0.1) is 0 Å². The van der Waals surface area contributed by atoms with Gasteiger partial charge in [0.05, 0.1) is 22.6 Å². The minimum Gasteiger partial charge on any atom is -0.497 e. The Morgan fingerprint density at radius 3 is 2.35 bits per heavy atom. The highest BCUT2D eigenvalue weighted by Crippen LogP contribution is 2.29. The molecule has 0 saturated carbocycles. The van der Waals surface area contributed by atoms with Gasteiger partial charge in [0.15, 0.2) is 0 Å². The Morgan fingerprint density at radius 1 is 1.10 bits per heavy atom. The lowest BCUT2D eigenvalue weighted by Crippen LogP contribution is -2.50. The number of methoxy groups -OCH3 is 1. The third-order valence-corrected chi connectivity index (χ3v) is 8.52. The Labute approximate surface area is 241 Å². The van der Waals surface area contributed by atoms with Crippen molar-refractivity contribution < 1.29 is 27.7 Å². The molecule has 0 aliphatic heterocycles. The van der Waals surface area contributed by atoms with Gasteiger partial charge in [-0.05, 0) is 61.9 Å². The van der Waals surface area contributed by atoms with Crippen molar-refractivity contribution in [3.63, 3.8) is 0 Å². The number of aryl methyl sites for hydroxylation is 1. The molecule has 0 bridgehead atoms. The van der Waals surface area contributed by atoms with E-state index in [1.54, 1.807) is 25.1 Å². The maximum Gasteiger partial charge on any atom is 0.273 e. The molecule has 0 aliphatic rings. The van der Waals surface area contributed by atoms with Crippen LogP contribution in [0.15, 0.2) is 76.1 Å². The maximum absolute atomic E-state index is 13.9. The molecule has 212 valence electrons. The van der Waals surface area contributed by atoms with E-state index in [0.29, 0.717) is 11.3 Å². The lowest BCUT2D eigenvalue weighted by Gasteiger charge is -2.31. The molecule has 0 saturated heterocycles. The number of halogens is 1. The average molecular weight is 634 g/mol. The predicted molar refractivity (Wildman–Crippen MR) is 154 cm³/mol. The SMILES string of the molecule is CNC(=O)[C@H](C)N(Cc1cccc(Br)c1)C(=O)CN(c1ccc(OC)cc1)S(=O)(=O)c1ccc(C)c([N+](=O)[O-])c1. The van der Waals surface area contributed by atoms with Gasteiger partial charge in [0.25, 0.3) is 15.7 Å². The fourth-order valence-corrected chi connectivity index (χ4v) is 5.86. The number of nitrogens with one attached hydrogen (secondary N) is 1. The van der Waals surface area contributed by atoms with E-state index < -0.39 is 39.3 Å². The number of anilines is 1. The molecule has 2 amide bonds. The van der Waals surface area contributed by atoms with E-state index in [4.69, 9.17) is 4.74 Å². The number of nitro benzene ring substituents is 1. The molecule has 13 heteroatoms. The zero-order chi connectivity index (χ0) is 29.6. The largest absolute Gasteiger partial charge is 0.497 e. The number of hydrogen-bond donors (Lipinski definition) is 1. The Bertz CT molecular complexity index is 1510. The summed E-state index contributed by atoms with van der Waals surface area (Å²) in [5.41, 5.74) is 0.765. The summed E-state index contributed by atoms with van der Waals surface area (Å²) in [6, 6.07) is 15.8. The minimum atomic E-state index is -4.47. The number of ether oxygens (including phenoxy) is 1. The van der Waals surface area contributed by atoms with E-state index in [2.05, 4.69) is 21.2 Å². The smallest absolute Gasteiger partial charge is 0.273 e. The second-order valence-electron chi connectivity index (χ2n) is 8.86. The Kier molecular flexibility index (Phi) is 9.88. The molecule has 0 unspecified atom stereocenters. The number of nitro groups is 1. The zero-order valence-corrected chi connectivity index (χ0v) is 24.7. The summed E-state index contributed by atoms with van der Waals surface area (Å²) in [6.45, 7) is 2.40. The fourth-order valence-electron chi connectivity index (χ4n) is 3.97. The lowest BCUT2D eigenvalue weighted by atomic mass is 10.1. The normalized spacial score (nSPS) is 11.8. The van der Waals surface area contributed by atoms with Crippen molar-refractivity contribution in [2.75, 3.05) is 25.0 Å². The third kappa shape index (κ3) is 6.96. The van der Waals surface area contributed by atoms with E-state index in [1.165, 1.54) is 62.4 Å². The van der Waals surface area contributed by atoms with Crippen LogP contribution in [0.4, 0.5) is 11.4 Å². The molecule has 3 aromatic carbocycles. The molecule has 0 heterocycles. The van der Waals surface area contributed by atoms with Gasteiger partial charge >= 0.3 is 0 Å². The molecule has 0 spiro atoms. The Balaban J connectivity index is 2.09. The van der Waals surface area contributed by atoms with Crippen LogP contribution in [0.2, 0.25) is 0 Å². The molecule has 0 fully saturated rings. The van der Waals surface area contributed by atoms with Crippen molar-refractivity contribution in [2.45, 2.75) is 31.3 Å². The first-order valence-electron chi connectivity index (χ1n) is 12.1. The first-order valence-corrected chi connectivity index (χ1v) is 14.3. The average Bonchev–Trinajstić information content (AvgIpc) is 2.93. The van der Waals surface area contributed by atoms with Crippen LogP contribution in [0, 0.1) is 17.0 Å². The van der Waals surface area contributed by atoms with E-state index in [9.17, 15) is 28.1 Å². The van der Waals surface area contributed by atoms with Gasteiger partial charge in [-0.2, -0.15) is 0 Å². The van der Waals surface area contributed by atoms with Crippen molar-refractivity contribution in [3.05, 3.63) is 92.4 Å². The number of amides is 2. The van der Waals surface area contributed by atoms with E-state index in [-0.39, 0.29) is 28.4 Å². The second-order valence-corrected chi connectivity index (χ2v) is 11.6. The second kappa shape index (κ2) is 12.9. The van der Waals surface area contributed by atoms with E-state index >= 15 is 0 Å². The van der Waals surface area contributed by atoms with Gasteiger partial charge in [0, 0.05) is 29.7 Å². The first-order chi connectivity index (χ1) is 18.9. The summed E-state index contributed by atoms with van der Waals surface area (Å²) in [4.78, 5) is 38.2. The molecule has 40 heavy (non-hydrogen) atoms. The van der Waals surface area contributed by atoms with Crippen molar-refractivity contribution in [1.82, 2.24) is 10.2 Å². The molecule has 3 aromatic rings. The topological polar surface area (TPSA) is 139 Å². The Morgan fingerprint density at radius 2 is 1.77 bits per heavy atom. The summed E-state index contributed by atoms with van der Waals surface area (Å²) >= 11 is 3.40. The molecule has 1 atom stereocenters. The van der Waals surface area contributed by atoms with Crippen LogP contribution in [-0.4, -0.2) is 56.8 Å². The fraction of sp³-hybridized carbons (Fsp3) is 0.259. The quantitative estimate of drug-likeness (QED) is 0.249. The van der Waals surface area contributed by atoms with Crippen LogP contribution in [-0.2, 0) is 26.2 Å². The van der Waals surface area contributed by atoms with Gasteiger partial charge in [-0.3, -0.25) is 24.0 Å². The molecule has 0 radical (unpaired) electrons. The van der Waals surface area contributed by atoms with Gasteiger partial charge < -0.3 is 15.0 Å². The van der Waals surface area contributed by atoms with Crippen LogP contribution in [0.1, 0.15) is 18.1 Å². The van der Waals surface area contributed by atoms with E-state index in [0.717, 1.165) is 14.8 Å². The Hall–Kier alpha value is -3.97. The van der Waals surface area contributed by atoms with Crippen LogP contribution in [0.25, 0.3) is 0 Å². The van der Waals surface area contributed by atoms with Gasteiger partial charge in [0.1, 0.15) is 18.3 Å². The molecule has 0 aromatic heterocycles. The molecular formula is C27H29BrN4O7S. The highest BCUT2D eigenvalue weighted by molar-refractivity contribution is 9.10. The number of carbonyl (C=O) groups excluding carboxylic acids is 2. The van der Waals surface area contributed by atoms with E-state index in [1.807, 2.05) is 6.07 Å². The monoisotopic (exact) mass is 632 g/mol. The number of benzene rings is 3. The van der Waals surface area contributed by atoms with Crippen molar-refractivity contribution in [2.24, 2.45) is 0 Å². The lowest BCUT2D eigenvalue weighted by molar-refractivity contribution is -0.385. The summed E-state index contributed by atoms with van der Waals surface area (Å²) in [5.74, 6) is -0.628. The van der Waals surface area contributed by atoms with Crippen molar-refractivity contribution in [3.8, 4) is 5.75 Å². The van der Waals surface area contributed by atoms with Crippen LogP contribution in [0.5, 0.6) is 5.75 Å². The van der Waals surface area contributed by atoms with Gasteiger partial charge in [-0.1, -0.05) is 34.1 Å². The summed E-state index contributed by atoms with van der Waals surface area (Å²) in [7, 11) is -1.57. The van der Waals surface area contributed by atoms with Gasteiger partial charge in [0.2, 0.25) is 11.8 Å². The molecule has 11 nitrogen and oxygen atoms in total. The molecule has 1 N–H and O–H groups in total. The number of hydrogen-bond acceptors (Lipinski definition) is 7. The summed E-state index contributed by atoms with van der Waals surface area (Å²) in [5, 5.41) is 14.0. The number of rotatable bonds is 11. The first kappa shape index (κ1) is 30.6. The summed E-state index contributed by atoms with van der Waals surface area (Å²) in [6.07, 6.45) is 0. The number of sulfonamides is 1. The standard InChI is InChI=1S/C27H29BrN4O7S/c1-18-8-13-24(15-25(18)32(35)36)40(37,38)31(22-9-11-23(39-4)12-10-22)17-26(33)30(19(2)27(34)29-3)16-20-6-5-7-21(28)14-20/h5-15,19H,16-17H2,1-4H3,(H,29,34)/t19-/m0/s1. The predicted octanol–water partition coefficient (Wildman–Crippen LogP) is 4.03. The van der Waals surface area contributed by atoms with Gasteiger partial charge in [-0.25, -0.2) is 8.42 Å². The maximum atomic E-state index is 13.9. The third-order valence-electron chi connectivity index (χ3n) is 6.26. The zero-order valence-electron chi connectivity index (χ0n) is 22.3. The summed E-state index contributed by atoms with van der Waals surface area (Å²) < 4.78 is 34.6. The highest BCUT2D eigenvalue weighted by atomic mass is 79.9. The van der Waals surface area contributed by atoms with Crippen LogP contribution in [0.3, 0.4) is 0 Å².